The van der Waals surface area contributed by atoms with Crippen molar-refractivity contribution in [2.75, 3.05) is 0 Å². The molecule has 0 fully saturated rings. The van der Waals surface area contributed by atoms with E-state index in [9.17, 15) is 13.2 Å². The summed E-state index contributed by atoms with van der Waals surface area (Å²) in [5.74, 6) is -0.462. The number of benzene rings is 1. The number of nitrogens with one attached hydrogen (secondary N) is 1. The van der Waals surface area contributed by atoms with Gasteiger partial charge in [0.1, 0.15) is 4.90 Å². The maximum Gasteiger partial charge on any atom is 0.251 e. The van der Waals surface area contributed by atoms with Crippen molar-refractivity contribution in [2.24, 2.45) is 5.14 Å². The summed E-state index contributed by atoms with van der Waals surface area (Å²) >= 11 is 11.6. The van der Waals surface area contributed by atoms with E-state index in [-0.39, 0.29) is 20.5 Å². The van der Waals surface area contributed by atoms with Gasteiger partial charge in [0.25, 0.3) is 5.91 Å². The zero-order valence-corrected chi connectivity index (χ0v) is 12.9. The van der Waals surface area contributed by atoms with Gasteiger partial charge in [0.2, 0.25) is 10.0 Å². The van der Waals surface area contributed by atoms with Crippen molar-refractivity contribution in [2.45, 2.75) is 31.2 Å². The average Bonchev–Trinajstić information content (AvgIpc) is 2.17. The molecule has 1 aromatic carbocycles. The molecular formula is C11H14Cl2N2O3S. The van der Waals surface area contributed by atoms with Crippen LogP contribution in [0.1, 0.15) is 31.1 Å². The van der Waals surface area contributed by atoms with Crippen molar-refractivity contribution in [3.8, 4) is 0 Å². The van der Waals surface area contributed by atoms with Gasteiger partial charge >= 0.3 is 0 Å². The van der Waals surface area contributed by atoms with E-state index in [2.05, 4.69) is 5.32 Å². The van der Waals surface area contributed by atoms with Crippen LogP contribution < -0.4 is 10.5 Å². The summed E-state index contributed by atoms with van der Waals surface area (Å²) in [6.45, 7) is 5.38. The molecular weight excluding hydrogens is 311 g/mol. The lowest BCUT2D eigenvalue weighted by Crippen LogP contribution is -2.40. The quantitative estimate of drug-likeness (QED) is 0.873. The van der Waals surface area contributed by atoms with Crippen LogP contribution in [0.2, 0.25) is 10.0 Å². The summed E-state index contributed by atoms with van der Waals surface area (Å²) in [6.07, 6.45) is 0. The predicted octanol–water partition coefficient (Wildman–Crippen LogP) is 2.17. The largest absolute Gasteiger partial charge is 0.347 e. The van der Waals surface area contributed by atoms with Gasteiger partial charge in [0.15, 0.2) is 0 Å². The van der Waals surface area contributed by atoms with E-state index in [4.69, 9.17) is 28.3 Å². The zero-order valence-electron chi connectivity index (χ0n) is 10.6. The molecule has 0 radical (unpaired) electrons. The molecule has 0 atom stereocenters. The van der Waals surface area contributed by atoms with Crippen LogP contribution in [0, 0.1) is 0 Å². The molecule has 0 bridgehead atoms. The van der Waals surface area contributed by atoms with Crippen molar-refractivity contribution in [1.29, 1.82) is 0 Å². The van der Waals surface area contributed by atoms with Crippen LogP contribution in [0.3, 0.4) is 0 Å². The Balaban J connectivity index is 3.33. The van der Waals surface area contributed by atoms with Gasteiger partial charge in [-0.05, 0) is 32.9 Å². The molecule has 19 heavy (non-hydrogen) atoms. The number of amides is 1. The monoisotopic (exact) mass is 324 g/mol. The highest BCUT2D eigenvalue weighted by Crippen LogP contribution is 2.30. The Kier molecular flexibility index (Phi) is 4.51. The molecule has 8 heteroatoms. The lowest BCUT2D eigenvalue weighted by molar-refractivity contribution is 0.0919. The first kappa shape index (κ1) is 16.2. The molecule has 0 aliphatic heterocycles. The second kappa shape index (κ2) is 5.28. The Morgan fingerprint density at radius 3 is 2.21 bits per heavy atom. The Hall–Kier alpha value is -0.820. The summed E-state index contributed by atoms with van der Waals surface area (Å²) in [6, 6.07) is 2.39. The molecule has 106 valence electrons. The number of rotatable bonds is 2. The summed E-state index contributed by atoms with van der Waals surface area (Å²) in [7, 11) is -4.05. The number of hydrogen-bond donors (Lipinski definition) is 2. The number of carbonyl (C=O) groups is 1. The van der Waals surface area contributed by atoms with Gasteiger partial charge in [-0.3, -0.25) is 4.79 Å². The standard InChI is InChI=1S/C11H14Cl2N2O3S/c1-11(2,3)15-10(16)6-4-7(12)9(13)8(5-6)19(14,17)18/h4-5H,1-3H3,(H,15,16)(H2,14,17,18). The molecule has 1 amide bonds. The molecule has 5 nitrogen and oxygen atoms in total. The van der Waals surface area contributed by atoms with Crippen LogP contribution >= 0.6 is 23.2 Å². The van der Waals surface area contributed by atoms with Crippen LogP contribution in [0.5, 0.6) is 0 Å². The van der Waals surface area contributed by atoms with Crippen LogP contribution in [0.4, 0.5) is 0 Å². The van der Waals surface area contributed by atoms with Gasteiger partial charge in [0, 0.05) is 11.1 Å². The van der Waals surface area contributed by atoms with E-state index in [1.54, 1.807) is 20.8 Å². The molecule has 1 aromatic rings. The molecule has 3 N–H and O–H groups in total. The average molecular weight is 325 g/mol. The highest BCUT2D eigenvalue weighted by molar-refractivity contribution is 7.89. The van der Waals surface area contributed by atoms with Gasteiger partial charge in [-0.15, -0.1) is 0 Å². The zero-order chi connectivity index (χ0) is 15.0. The van der Waals surface area contributed by atoms with Crippen molar-refractivity contribution in [3.05, 3.63) is 27.7 Å². The van der Waals surface area contributed by atoms with E-state index in [1.807, 2.05) is 0 Å². The number of hydrogen-bond acceptors (Lipinski definition) is 3. The van der Waals surface area contributed by atoms with Crippen LogP contribution in [0.25, 0.3) is 0 Å². The third-order valence-electron chi connectivity index (χ3n) is 2.05. The first-order valence-electron chi connectivity index (χ1n) is 5.26. The van der Waals surface area contributed by atoms with Gasteiger partial charge in [-0.1, -0.05) is 23.2 Å². The van der Waals surface area contributed by atoms with Gasteiger partial charge in [-0.25, -0.2) is 13.6 Å². The minimum absolute atomic E-state index is 0.0488. The number of primary sulfonamides is 1. The molecule has 0 aromatic heterocycles. The fraction of sp³-hybridized carbons (Fsp3) is 0.364. The van der Waals surface area contributed by atoms with E-state index in [0.29, 0.717) is 0 Å². The first-order valence-corrected chi connectivity index (χ1v) is 7.56. The van der Waals surface area contributed by atoms with Gasteiger partial charge < -0.3 is 5.32 Å². The van der Waals surface area contributed by atoms with E-state index < -0.39 is 21.5 Å². The molecule has 0 unspecified atom stereocenters. The second-order valence-electron chi connectivity index (χ2n) is 5.02. The molecule has 0 spiro atoms. The third-order valence-corrected chi connectivity index (χ3v) is 3.90. The molecule has 0 aliphatic rings. The number of halogens is 2. The summed E-state index contributed by atoms with van der Waals surface area (Å²) < 4.78 is 22.7. The van der Waals surface area contributed by atoms with Crippen LogP contribution in [0.15, 0.2) is 17.0 Å². The number of carbonyl (C=O) groups excluding carboxylic acids is 1. The Labute approximate surface area is 122 Å². The van der Waals surface area contributed by atoms with Crippen LogP contribution in [-0.2, 0) is 10.0 Å². The van der Waals surface area contributed by atoms with Crippen molar-refractivity contribution >= 4 is 39.1 Å². The normalized spacial score (nSPS) is 12.3. The van der Waals surface area contributed by atoms with Crippen LogP contribution in [-0.4, -0.2) is 19.9 Å². The topological polar surface area (TPSA) is 89.3 Å². The minimum atomic E-state index is -4.05. The first-order chi connectivity index (χ1) is 8.42. The third kappa shape index (κ3) is 4.35. The summed E-state index contributed by atoms with van der Waals surface area (Å²) in [4.78, 5) is 11.6. The highest BCUT2D eigenvalue weighted by atomic mass is 35.5. The highest BCUT2D eigenvalue weighted by Gasteiger charge is 2.21. The Bertz CT molecular complexity index is 622. The number of nitrogens with two attached hydrogens (primary N) is 1. The molecule has 0 aliphatic carbocycles. The second-order valence-corrected chi connectivity index (χ2v) is 7.33. The molecule has 0 saturated heterocycles. The maximum atomic E-state index is 12.0. The summed E-state index contributed by atoms with van der Waals surface area (Å²) in [5.41, 5.74) is -0.390. The van der Waals surface area contributed by atoms with E-state index in [1.165, 1.54) is 6.07 Å². The minimum Gasteiger partial charge on any atom is -0.347 e. The molecule has 1 rings (SSSR count). The maximum absolute atomic E-state index is 12.0. The Morgan fingerprint density at radius 1 is 1.26 bits per heavy atom. The van der Waals surface area contributed by atoms with Crippen molar-refractivity contribution < 1.29 is 13.2 Å². The lowest BCUT2D eigenvalue weighted by atomic mass is 10.1. The SMILES string of the molecule is CC(C)(C)NC(=O)c1cc(Cl)c(Cl)c(S(N)(=O)=O)c1. The number of sulfonamides is 1. The lowest BCUT2D eigenvalue weighted by Gasteiger charge is -2.20. The van der Waals surface area contributed by atoms with E-state index >= 15 is 0 Å². The van der Waals surface area contributed by atoms with Crippen molar-refractivity contribution in [1.82, 2.24) is 5.32 Å². The van der Waals surface area contributed by atoms with Crippen molar-refractivity contribution in [3.63, 3.8) is 0 Å². The molecule has 0 saturated carbocycles. The molecule has 0 heterocycles. The Morgan fingerprint density at radius 2 is 1.79 bits per heavy atom. The summed E-state index contributed by atoms with van der Waals surface area (Å²) in [5, 5.41) is 7.46. The predicted molar refractivity (Wildman–Crippen MR) is 75.1 cm³/mol. The van der Waals surface area contributed by atoms with E-state index in [0.717, 1.165) is 6.07 Å². The van der Waals surface area contributed by atoms with Gasteiger partial charge in [0.05, 0.1) is 10.0 Å². The smallest absolute Gasteiger partial charge is 0.251 e. The fourth-order valence-corrected chi connectivity index (χ4v) is 2.67. The van der Waals surface area contributed by atoms with Gasteiger partial charge in [-0.2, -0.15) is 0 Å². The fourth-order valence-electron chi connectivity index (χ4n) is 1.31.